The van der Waals surface area contributed by atoms with E-state index in [0.717, 1.165) is 12.0 Å². The molecule has 0 aromatic heterocycles. The first-order valence-corrected chi connectivity index (χ1v) is 7.10. The second-order valence-electron chi connectivity index (χ2n) is 5.15. The molecule has 0 saturated carbocycles. The summed E-state index contributed by atoms with van der Waals surface area (Å²) in [7, 11) is 0. The van der Waals surface area contributed by atoms with Crippen molar-refractivity contribution < 1.29 is 13.9 Å². The van der Waals surface area contributed by atoms with Crippen LogP contribution in [0.1, 0.15) is 49.0 Å². The Morgan fingerprint density at radius 1 is 1.19 bits per heavy atom. The highest BCUT2D eigenvalue weighted by atomic mass is 19.1. The van der Waals surface area contributed by atoms with E-state index in [4.69, 9.17) is 4.74 Å². The molecule has 0 spiro atoms. The number of Topliss-reactive ketones (excluding diaryl/α,β-unsaturated/α-hetero) is 1. The third kappa shape index (κ3) is 3.48. The first-order valence-electron chi connectivity index (χ1n) is 7.10. The van der Waals surface area contributed by atoms with E-state index < -0.39 is 5.82 Å². The van der Waals surface area contributed by atoms with Crippen LogP contribution in [0.15, 0.2) is 42.5 Å². The number of halogens is 1. The second-order valence-corrected chi connectivity index (χ2v) is 5.15. The number of para-hydroxylation sites is 1. The van der Waals surface area contributed by atoms with E-state index in [1.54, 1.807) is 6.07 Å². The van der Waals surface area contributed by atoms with Crippen molar-refractivity contribution in [3.63, 3.8) is 0 Å². The number of hydrogen-bond donors (Lipinski definition) is 0. The average Bonchev–Trinajstić information content (AvgIpc) is 2.49. The Balaban J connectivity index is 2.33. The monoisotopic (exact) mass is 286 g/mol. The van der Waals surface area contributed by atoms with Crippen LogP contribution in [0.25, 0.3) is 0 Å². The van der Waals surface area contributed by atoms with E-state index in [9.17, 15) is 9.18 Å². The average molecular weight is 286 g/mol. The summed E-state index contributed by atoms with van der Waals surface area (Å²) >= 11 is 0. The lowest BCUT2D eigenvalue weighted by atomic mass is 9.98. The minimum atomic E-state index is -0.526. The van der Waals surface area contributed by atoms with Crippen LogP contribution in [-0.2, 0) is 0 Å². The van der Waals surface area contributed by atoms with Gasteiger partial charge < -0.3 is 4.74 Å². The lowest BCUT2D eigenvalue weighted by Crippen LogP contribution is -1.98. The van der Waals surface area contributed by atoms with Crippen LogP contribution < -0.4 is 4.74 Å². The van der Waals surface area contributed by atoms with E-state index in [0.29, 0.717) is 17.2 Å². The van der Waals surface area contributed by atoms with Gasteiger partial charge in [-0.2, -0.15) is 0 Å². The number of carbonyl (C=O) groups excluding carboxylic acids is 1. The minimum absolute atomic E-state index is 0.135. The first kappa shape index (κ1) is 15.2. The molecule has 2 nitrogen and oxygen atoms in total. The van der Waals surface area contributed by atoms with Gasteiger partial charge in [0.15, 0.2) is 17.3 Å². The summed E-state index contributed by atoms with van der Waals surface area (Å²) in [4.78, 5) is 11.2. The lowest BCUT2D eigenvalue weighted by molar-refractivity contribution is 0.101. The van der Waals surface area contributed by atoms with Crippen LogP contribution in [0.3, 0.4) is 0 Å². The van der Waals surface area contributed by atoms with Crippen molar-refractivity contribution in [2.45, 2.75) is 33.1 Å². The minimum Gasteiger partial charge on any atom is -0.454 e. The van der Waals surface area contributed by atoms with Gasteiger partial charge in [-0.05, 0) is 49.1 Å². The van der Waals surface area contributed by atoms with Crippen LogP contribution in [0.2, 0.25) is 0 Å². The van der Waals surface area contributed by atoms with Gasteiger partial charge in [0.2, 0.25) is 0 Å². The molecule has 2 rings (SSSR count). The van der Waals surface area contributed by atoms with Gasteiger partial charge in [0.05, 0.1) is 0 Å². The molecule has 1 atom stereocenters. The van der Waals surface area contributed by atoms with Crippen LogP contribution >= 0.6 is 0 Å². The number of hydrogen-bond acceptors (Lipinski definition) is 2. The SMILES string of the molecule is CCC(C)c1ccccc1Oc1ccc(C(C)=O)cc1F. The molecular weight excluding hydrogens is 267 g/mol. The highest BCUT2D eigenvalue weighted by Gasteiger charge is 2.13. The molecular formula is C18H19FO2. The van der Waals surface area contributed by atoms with Gasteiger partial charge in [0, 0.05) is 5.56 Å². The van der Waals surface area contributed by atoms with Gasteiger partial charge in [0.25, 0.3) is 0 Å². The Kier molecular flexibility index (Phi) is 4.73. The number of benzene rings is 2. The normalized spacial score (nSPS) is 12.0. The second kappa shape index (κ2) is 6.53. The lowest BCUT2D eigenvalue weighted by Gasteiger charge is -2.15. The molecule has 0 amide bonds. The highest BCUT2D eigenvalue weighted by molar-refractivity contribution is 5.94. The molecule has 3 heteroatoms. The fraction of sp³-hybridized carbons (Fsp3) is 0.278. The van der Waals surface area contributed by atoms with Crippen molar-refractivity contribution in [1.82, 2.24) is 0 Å². The molecule has 21 heavy (non-hydrogen) atoms. The van der Waals surface area contributed by atoms with Crippen molar-refractivity contribution in [3.8, 4) is 11.5 Å². The third-order valence-electron chi connectivity index (χ3n) is 3.62. The maximum Gasteiger partial charge on any atom is 0.166 e. The molecule has 0 radical (unpaired) electrons. The van der Waals surface area contributed by atoms with Gasteiger partial charge in [-0.25, -0.2) is 4.39 Å². The summed E-state index contributed by atoms with van der Waals surface area (Å²) in [5.41, 5.74) is 1.39. The molecule has 0 saturated heterocycles. The predicted octanol–water partition coefficient (Wildman–Crippen LogP) is 5.33. The first-order chi connectivity index (χ1) is 10.0. The van der Waals surface area contributed by atoms with Gasteiger partial charge in [0.1, 0.15) is 5.75 Å². The summed E-state index contributed by atoms with van der Waals surface area (Å²) in [5.74, 6) is 0.431. The summed E-state index contributed by atoms with van der Waals surface area (Å²) in [5, 5.41) is 0. The number of rotatable bonds is 5. The Labute approximate surface area is 124 Å². The van der Waals surface area contributed by atoms with Crippen LogP contribution in [0.4, 0.5) is 4.39 Å². The van der Waals surface area contributed by atoms with Gasteiger partial charge >= 0.3 is 0 Å². The van der Waals surface area contributed by atoms with Crippen LogP contribution in [-0.4, -0.2) is 5.78 Å². The molecule has 0 aliphatic heterocycles. The van der Waals surface area contributed by atoms with Gasteiger partial charge in [-0.1, -0.05) is 32.0 Å². The van der Waals surface area contributed by atoms with Crippen molar-refractivity contribution in [1.29, 1.82) is 0 Å². The molecule has 2 aromatic rings. The summed E-state index contributed by atoms with van der Waals surface area (Å²) in [6, 6.07) is 11.9. The fourth-order valence-electron chi connectivity index (χ4n) is 2.12. The van der Waals surface area contributed by atoms with E-state index in [2.05, 4.69) is 13.8 Å². The number of ether oxygens (including phenoxy) is 1. The smallest absolute Gasteiger partial charge is 0.166 e. The van der Waals surface area contributed by atoms with Crippen molar-refractivity contribution in [2.24, 2.45) is 0 Å². The zero-order valence-corrected chi connectivity index (χ0v) is 12.5. The zero-order valence-electron chi connectivity index (χ0n) is 12.5. The molecule has 0 fully saturated rings. The standard InChI is InChI=1S/C18H19FO2/c1-4-12(2)15-7-5-6-8-17(15)21-18-10-9-14(13(3)20)11-16(18)19/h5-12H,4H2,1-3H3. The van der Waals surface area contributed by atoms with E-state index in [-0.39, 0.29) is 11.5 Å². The largest absolute Gasteiger partial charge is 0.454 e. The Morgan fingerprint density at radius 2 is 1.90 bits per heavy atom. The highest BCUT2D eigenvalue weighted by Crippen LogP contribution is 2.33. The van der Waals surface area contributed by atoms with E-state index >= 15 is 0 Å². The predicted molar refractivity (Wildman–Crippen MR) is 81.6 cm³/mol. The Hall–Kier alpha value is -2.16. The van der Waals surface area contributed by atoms with Crippen LogP contribution in [0, 0.1) is 5.82 Å². The molecule has 0 aliphatic carbocycles. The summed E-state index contributed by atoms with van der Waals surface area (Å²) < 4.78 is 19.7. The topological polar surface area (TPSA) is 26.3 Å². The Morgan fingerprint density at radius 3 is 2.52 bits per heavy atom. The van der Waals surface area contributed by atoms with Gasteiger partial charge in [-0.3, -0.25) is 4.79 Å². The summed E-state index contributed by atoms with van der Waals surface area (Å²) in [6.45, 7) is 5.62. The van der Waals surface area contributed by atoms with Crippen LogP contribution in [0.5, 0.6) is 11.5 Å². The van der Waals surface area contributed by atoms with E-state index in [1.165, 1.54) is 19.1 Å². The molecule has 0 aliphatic rings. The molecule has 2 aromatic carbocycles. The molecule has 0 N–H and O–H groups in total. The van der Waals surface area contributed by atoms with Gasteiger partial charge in [-0.15, -0.1) is 0 Å². The quantitative estimate of drug-likeness (QED) is 0.694. The molecule has 0 bridgehead atoms. The summed E-state index contributed by atoms with van der Waals surface area (Å²) in [6.07, 6.45) is 0.978. The van der Waals surface area contributed by atoms with Crippen molar-refractivity contribution >= 4 is 5.78 Å². The third-order valence-corrected chi connectivity index (χ3v) is 3.62. The van der Waals surface area contributed by atoms with Crippen molar-refractivity contribution in [2.75, 3.05) is 0 Å². The molecule has 0 heterocycles. The Bertz CT molecular complexity index is 649. The van der Waals surface area contributed by atoms with E-state index in [1.807, 2.05) is 24.3 Å². The fourth-order valence-corrected chi connectivity index (χ4v) is 2.12. The molecule has 1 unspecified atom stereocenters. The number of carbonyl (C=O) groups is 1. The molecule has 110 valence electrons. The zero-order chi connectivity index (χ0) is 15.4. The number of ketones is 1. The van der Waals surface area contributed by atoms with Crippen molar-refractivity contribution in [3.05, 3.63) is 59.4 Å². The maximum atomic E-state index is 14.0. The maximum absolute atomic E-state index is 14.0.